The van der Waals surface area contributed by atoms with Gasteiger partial charge in [0.25, 0.3) is 20.2 Å². The van der Waals surface area contributed by atoms with Gasteiger partial charge in [-0.25, -0.2) is 9.98 Å². The molecule has 6 rings (SSSR count). The number of hydrogen-bond acceptors (Lipinski definition) is 10. The van der Waals surface area contributed by atoms with Gasteiger partial charge in [-0.3, -0.25) is 18.7 Å². The van der Waals surface area contributed by atoms with E-state index < -0.39 is 89.6 Å². The Labute approximate surface area is 336 Å². The third-order valence-electron chi connectivity index (χ3n) is 10.4. The van der Waals surface area contributed by atoms with Crippen LogP contribution in [0.4, 0.5) is 26.3 Å². The van der Waals surface area contributed by atoms with Crippen LogP contribution in [0.25, 0.3) is 11.1 Å². The SMILES string of the molecule is Cc1cc(C2(S(=O)(=O)O)CC(=NN)C(=NC(=O)C(F)(F)F)c3ccccc32)ccc1-c1ccc(C2(S(=O)(=O)O)CC(=NN)C(=NC(=O)C(F)(F)F)c3ccccc32)cc1C. The second-order valence-electron chi connectivity index (χ2n) is 13.8. The van der Waals surface area contributed by atoms with E-state index in [0.29, 0.717) is 22.3 Å². The number of hydrogen-bond donors (Lipinski definition) is 4. The minimum atomic E-state index is -5.39. The fourth-order valence-electron chi connectivity index (χ4n) is 7.72. The van der Waals surface area contributed by atoms with Crippen LogP contribution in [0.5, 0.6) is 0 Å². The number of alkyl halides is 6. The van der Waals surface area contributed by atoms with Crippen molar-refractivity contribution in [2.24, 2.45) is 31.9 Å². The molecule has 0 radical (unpaired) electrons. The second-order valence-corrected chi connectivity index (χ2v) is 17.1. The Morgan fingerprint density at radius 2 is 0.917 bits per heavy atom. The van der Waals surface area contributed by atoms with Gasteiger partial charge in [0.05, 0.1) is 22.8 Å². The predicted molar refractivity (Wildman–Crippen MR) is 207 cm³/mol. The maximum absolute atomic E-state index is 13.5. The summed E-state index contributed by atoms with van der Waals surface area (Å²) in [5.74, 6) is 6.03. The van der Waals surface area contributed by atoms with Gasteiger partial charge < -0.3 is 11.7 Å². The summed E-state index contributed by atoms with van der Waals surface area (Å²) in [7, 11) is -10.5. The quantitative estimate of drug-likeness (QED) is 0.0858. The zero-order valence-electron chi connectivity index (χ0n) is 30.9. The molecule has 0 saturated carbocycles. The van der Waals surface area contributed by atoms with Crippen molar-refractivity contribution >= 4 is 54.9 Å². The molecule has 0 aliphatic heterocycles. The number of aliphatic imine (C=N–C) groups is 2. The molecule has 2 aliphatic carbocycles. The highest BCUT2D eigenvalue weighted by Gasteiger charge is 2.55. The van der Waals surface area contributed by atoms with Crippen LogP contribution >= 0.6 is 0 Å². The van der Waals surface area contributed by atoms with E-state index in [9.17, 15) is 61.9 Å². The van der Waals surface area contributed by atoms with Gasteiger partial charge in [-0.2, -0.15) is 53.4 Å². The van der Waals surface area contributed by atoms with Crippen molar-refractivity contribution < 1.29 is 61.9 Å². The van der Waals surface area contributed by atoms with Crippen molar-refractivity contribution in [2.75, 3.05) is 0 Å². The Morgan fingerprint density at radius 1 is 0.583 bits per heavy atom. The molecule has 0 heterocycles. The number of nitrogens with zero attached hydrogens (tertiary/aromatic N) is 4. The summed E-state index contributed by atoms with van der Waals surface area (Å²) in [6.45, 7) is 3.13. The van der Waals surface area contributed by atoms with Crippen molar-refractivity contribution in [3.8, 4) is 11.1 Å². The standard InChI is InChI=1S/C38H30F6N6O8S2/c1-19-15-21(35(59(53,54)55)17-29(49-45)31(47-33(51)37(39,40)41)25-7-3-5-9-27(25)35)11-13-23(19)24-14-12-22(16-20(24)2)36(60(56,57)58)18-30(50-46)32(48-34(52)38(42,43)44)26-8-4-6-10-28(26)36/h3-16H,17-18,45-46H2,1-2H3,(H,53,54,55)(H,56,57,58). The van der Waals surface area contributed by atoms with Crippen molar-refractivity contribution in [3.05, 3.63) is 129 Å². The third kappa shape index (κ3) is 7.07. The molecule has 6 N–H and O–H groups in total. The highest BCUT2D eigenvalue weighted by molar-refractivity contribution is 7.87. The first kappa shape index (κ1) is 43.5. The number of rotatable bonds is 5. The van der Waals surface area contributed by atoms with Crippen LogP contribution < -0.4 is 11.7 Å². The molecule has 22 heteroatoms. The smallest absolute Gasteiger partial charge is 0.323 e. The topological polar surface area (TPSA) is 244 Å². The lowest BCUT2D eigenvalue weighted by Gasteiger charge is -2.38. The van der Waals surface area contributed by atoms with Crippen molar-refractivity contribution in [1.82, 2.24) is 0 Å². The minimum Gasteiger partial charge on any atom is -0.323 e. The average Bonchev–Trinajstić information content (AvgIpc) is 3.16. The molecule has 0 fully saturated rings. The molecule has 60 heavy (non-hydrogen) atoms. The number of nitrogens with two attached hydrogens (primary N) is 2. The molecule has 0 bridgehead atoms. The summed E-state index contributed by atoms with van der Waals surface area (Å²) in [5, 5.41) is 6.93. The summed E-state index contributed by atoms with van der Waals surface area (Å²) in [5.41, 5.74) is -1.99. The van der Waals surface area contributed by atoms with Gasteiger partial charge in [0.1, 0.15) is 0 Å². The van der Waals surface area contributed by atoms with E-state index in [1.165, 1.54) is 84.9 Å². The summed E-state index contributed by atoms with van der Waals surface area (Å²) >= 11 is 0. The first-order chi connectivity index (χ1) is 27.8. The Kier molecular flexibility index (Phi) is 10.8. The van der Waals surface area contributed by atoms with Crippen molar-refractivity contribution in [1.29, 1.82) is 0 Å². The van der Waals surface area contributed by atoms with Crippen LogP contribution in [0.1, 0.15) is 57.3 Å². The molecule has 0 aromatic heterocycles. The first-order valence-electron chi connectivity index (χ1n) is 17.1. The largest absolute Gasteiger partial charge is 0.473 e. The van der Waals surface area contributed by atoms with Crippen LogP contribution in [0, 0.1) is 13.8 Å². The second kappa shape index (κ2) is 14.9. The Morgan fingerprint density at radius 3 is 1.20 bits per heavy atom. The molecule has 2 atom stereocenters. The Balaban J connectivity index is 1.51. The van der Waals surface area contributed by atoms with E-state index in [0.717, 1.165) is 0 Å². The molecular weight excluding hydrogens is 847 g/mol. The first-order valence-corrected chi connectivity index (χ1v) is 20.0. The van der Waals surface area contributed by atoms with Crippen molar-refractivity contribution in [3.63, 3.8) is 0 Å². The zero-order valence-corrected chi connectivity index (χ0v) is 32.5. The number of aryl methyl sites for hydroxylation is 2. The summed E-state index contributed by atoms with van der Waals surface area (Å²) in [4.78, 5) is 30.2. The lowest BCUT2D eigenvalue weighted by Crippen LogP contribution is -2.46. The number of fused-ring (bicyclic) bond motifs is 2. The fraction of sp³-hybridized carbons (Fsp3) is 0.211. The Bertz CT molecular complexity index is 2660. The monoisotopic (exact) mass is 876 g/mol. The molecule has 0 spiro atoms. The normalized spacial score (nSPS) is 22.5. The van der Waals surface area contributed by atoms with E-state index in [-0.39, 0.29) is 33.4 Å². The third-order valence-corrected chi connectivity index (χ3v) is 13.4. The zero-order chi connectivity index (χ0) is 44.4. The van der Waals surface area contributed by atoms with Crippen LogP contribution in [-0.2, 0) is 39.3 Å². The van der Waals surface area contributed by atoms with Crippen molar-refractivity contribution in [2.45, 2.75) is 48.5 Å². The number of halogens is 6. The molecule has 2 amide bonds. The molecule has 314 valence electrons. The number of benzene rings is 4. The van der Waals surface area contributed by atoms with Crippen LogP contribution in [0.15, 0.2) is 105 Å². The number of carbonyl (C=O) groups is 2. The summed E-state index contributed by atoms with van der Waals surface area (Å²) in [6, 6.07) is 18.6. The minimum absolute atomic E-state index is 0.0884. The van der Waals surface area contributed by atoms with Gasteiger partial charge in [-0.1, -0.05) is 84.9 Å². The molecule has 2 unspecified atom stereocenters. The maximum atomic E-state index is 13.5. The van der Waals surface area contributed by atoms with E-state index in [1.54, 1.807) is 13.8 Å². The van der Waals surface area contributed by atoms with E-state index >= 15 is 0 Å². The predicted octanol–water partition coefficient (Wildman–Crippen LogP) is 5.43. The molecule has 4 aromatic carbocycles. The van der Waals surface area contributed by atoms with Gasteiger partial charge >= 0.3 is 24.2 Å². The lowest BCUT2D eigenvalue weighted by atomic mass is 9.74. The molecular formula is C38H30F6N6O8S2. The molecule has 0 saturated heterocycles. The van der Waals surface area contributed by atoms with Gasteiger partial charge in [-0.05, 0) is 58.4 Å². The lowest BCUT2D eigenvalue weighted by molar-refractivity contribution is -0.169. The maximum Gasteiger partial charge on any atom is 0.473 e. The highest BCUT2D eigenvalue weighted by Crippen LogP contribution is 2.49. The van der Waals surface area contributed by atoms with E-state index in [1.807, 2.05) is 0 Å². The van der Waals surface area contributed by atoms with Gasteiger partial charge in [0, 0.05) is 24.0 Å². The summed E-state index contributed by atoms with van der Waals surface area (Å²) < 4.78 is 151. The van der Waals surface area contributed by atoms with E-state index in [2.05, 4.69) is 20.2 Å². The fourth-order valence-corrected chi connectivity index (χ4v) is 10.1. The molecule has 2 aliphatic rings. The Hall–Kier alpha value is -6.10. The number of carbonyl (C=O) groups excluding carboxylic acids is 2. The summed E-state index contributed by atoms with van der Waals surface area (Å²) in [6.07, 6.45) is -12.5. The highest BCUT2D eigenvalue weighted by atomic mass is 32.2. The number of hydrazone groups is 2. The van der Waals surface area contributed by atoms with Gasteiger partial charge in [0.15, 0.2) is 9.49 Å². The average molecular weight is 877 g/mol. The van der Waals surface area contributed by atoms with Crippen LogP contribution in [-0.4, -0.2) is 73.0 Å². The van der Waals surface area contributed by atoms with E-state index in [4.69, 9.17) is 11.7 Å². The van der Waals surface area contributed by atoms with Crippen LogP contribution in [0.3, 0.4) is 0 Å². The van der Waals surface area contributed by atoms with Gasteiger partial charge in [-0.15, -0.1) is 0 Å². The molecule has 4 aromatic rings. The van der Waals surface area contributed by atoms with Crippen LogP contribution in [0.2, 0.25) is 0 Å². The van der Waals surface area contributed by atoms with Gasteiger partial charge in [0.2, 0.25) is 0 Å². The number of amides is 2. The molecule has 14 nitrogen and oxygen atoms in total.